The predicted molar refractivity (Wildman–Crippen MR) is 141 cm³/mol. The second-order valence-corrected chi connectivity index (χ2v) is 9.47. The number of benzene rings is 3. The lowest BCUT2D eigenvalue weighted by atomic mass is 10.2. The summed E-state index contributed by atoms with van der Waals surface area (Å²) in [6, 6.07) is 20.1. The van der Waals surface area contributed by atoms with Crippen molar-refractivity contribution < 1.29 is 22.7 Å². The van der Waals surface area contributed by atoms with E-state index < -0.39 is 15.9 Å². The minimum Gasteiger partial charge on any atom is -0.494 e. The average Bonchev–Trinajstić information content (AvgIpc) is 2.84. The SMILES string of the molecule is CCOc1ccc(NS(=O)(=O)c2ccc(NC(=S)NC(=O)COc3ccc(CC)cc3)cc2)cc1. The van der Waals surface area contributed by atoms with Gasteiger partial charge in [0.25, 0.3) is 15.9 Å². The molecule has 0 aliphatic rings. The van der Waals surface area contributed by atoms with Crippen LogP contribution in [0.3, 0.4) is 0 Å². The van der Waals surface area contributed by atoms with Crippen molar-refractivity contribution in [1.29, 1.82) is 0 Å². The molecule has 0 unspecified atom stereocenters. The largest absolute Gasteiger partial charge is 0.494 e. The first-order valence-corrected chi connectivity index (χ1v) is 12.9. The first kappa shape index (κ1) is 26.0. The second kappa shape index (κ2) is 12.2. The maximum absolute atomic E-state index is 12.7. The van der Waals surface area contributed by atoms with Crippen molar-refractivity contribution in [1.82, 2.24) is 5.32 Å². The summed E-state index contributed by atoms with van der Waals surface area (Å²) in [6.07, 6.45) is 0.923. The van der Waals surface area contributed by atoms with Crippen molar-refractivity contribution in [2.24, 2.45) is 0 Å². The molecule has 0 bridgehead atoms. The Morgan fingerprint density at radius 1 is 0.829 bits per heavy atom. The van der Waals surface area contributed by atoms with E-state index in [1.54, 1.807) is 36.4 Å². The van der Waals surface area contributed by atoms with Gasteiger partial charge >= 0.3 is 0 Å². The number of anilines is 2. The van der Waals surface area contributed by atoms with Crippen LogP contribution in [0.2, 0.25) is 0 Å². The molecule has 0 fully saturated rings. The Morgan fingerprint density at radius 3 is 2.00 bits per heavy atom. The molecule has 0 saturated carbocycles. The standard InChI is InChI=1S/C25H27N3O5S2/c1-3-18-5-11-22(12-6-18)33-17-24(29)27-25(34)26-19-9-15-23(16-10-19)35(30,31)28-20-7-13-21(14-8-20)32-4-2/h5-16,28H,3-4,17H2,1-2H3,(H2,26,27,29,34). The van der Waals surface area contributed by atoms with Gasteiger partial charge < -0.3 is 14.8 Å². The molecule has 0 atom stereocenters. The van der Waals surface area contributed by atoms with Crippen LogP contribution in [0.15, 0.2) is 77.7 Å². The minimum absolute atomic E-state index is 0.0723. The monoisotopic (exact) mass is 513 g/mol. The molecule has 3 rings (SSSR count). The molecule has 0 aliphatic carbocycles. The number of hydrogen-bond donors (Lipinski definition) is 3. The third-order valence-corrected chi connectivity index (χ3v) is 6.40. The van der Waals surface area contributed by atoms with Gasteiger partial charge in [0.1, 0.15) is 11.5 Å². The molecule has 0 aromatic heterocycles. The number of thiocarbonyl (C=S) groups is 1. The number of hydrogen-bond acceptors (Lipinski definition) is 6. The van der Waals surface area contributed by atoms with Crippen LogP contribution in [0.1, 0.15) is 19.4 Å². The molecule has 0 saturated heterocycles. The van der Waals surface area contributed by atoms with E-state index in [0.29, 0.717) is 29.5 Å². The summed E-state index contributed by atoms with van der Waals surface area (Å²) in [5, 5.41) is 5.45. The molecule has 3 aromatic carbocycles. The van der Waals surface area contributed by atoms with Crippen molar-refractivity contribution in [3.63, 3.8) is 0 Å². The van der Waals surface area contributed by atoms with Gasteiger partial charge in [0.2, 0.25) is 0 Å². The molecule has 0 heterocycles. The zero-order valence-electron chi connectivity index (χ0n) is 19.4. The summed E-state index contributed by atoms with van der Waals surface area (Å²) >= 11 is 5.16. The Labute approximate surface area is 210 Å². The smallest absolute Gasteiger partial charge is 0.264 e. The third-order valence-electron chi connectivity index (χ3n) is 4.79. The second-order valence-electron chi connectivity index (χ2n) is 7.38. The summed E-state index contributed by atoms with van der Waals surface area (Å²) in [7, 11) is -3.78. The van der Waals surface area contributed by atoms with E-state index in [4.69, 9.17) is 21.7 Å². The molecule has 0 aliphatic heterocycles. The minimum atomic E-state index is -3.78. The molecule has 0 spiro atoms. The normalized spacial score (nSPS) is 10.8. The number of nitrogens with one attached hydrogen (secondary N) is 3. The Kier molecular flexibility index (Phi) is 9.04. The van der Waals surface area contributed by atoms with Crippen molar-refractivity contribution >= 4 is 44.6 Å². The molecule has 1 amide bonds. The van der Waals surface area contributed by atoms with Crippen LogP contribution < -0.4 is 24.8 Å². The first-order chi connectivity index (χ1) is 16.8. The lowest BCUT2D eigenvalue weighted by Gasteiger charge is -2.12. The molecule has 184 valence electrons. The van der Waals surface area contributed by atoms with Gasteiger partial charge in [-0.2, -0.15) is 0 Å². The molecular formula is C25H27N3O5S2. The van der Waals surface area contributed by atoms with Crippen LogP contribution >= 0.6 is 12.2 Å². The Bertz CT molecular complexity index is 1240. The van der Waals surface area contributed by atoms with E-state index in [1.165, 1.54) is 17.7 Å². The fourth-order valence-corrected chi connectivity index (χ4v) is 4.30. The molecule has 3 aromatic rings. The fourth-order valence-electron chi connectivity index (χ4n) is 3.01. The molecular weight excluding hydrogens is 486 g/mol. The number of amides is 1. The fraction of sp³-hybridized carbons (Fsp3) is 0.200. The van der Waals surface area contributed by atoms with E-state index in [1.807, 2.05) is 31.2 Å². The summed E-state index contributed by atoms with van der Waals surface area (Å²) in [6.45, 7) is 4.27. The van der Waals surface area contributed by atoms with Crippen LogP contribution in [0.4, 0.5) is 11.4 Å². The van der Waals surface area contributed by atoms with E-state index in [-0.39, 0.29) is 16.6 Å². The van der Waals surface area contributed by atoms with Crippen molar-refractivity contribution in [2.45, 2.75) is 25.2 Å². The highest BCUT2D eigenvalue weighted by molar-refractivity contribution is 7.92. The molecule has 8 nitrogen and oxygen atoms in total. The Hall–Kier alpha value is -3.63. The number of carbonyl (C=O) groups is 1. The van der Waals surface area contributed by atoms with E-state index in [2.05, 4.69) is 22.3 Å². The molecule has 10 heteroatoms. The van der Waals surface area contributed by atoms with Gasteiger partial charge in [0.05, 0.1) is 11.5 Å². The Balaban J connectivity index is 1.50. The number of rotatable bonds is 10. The zero-order chi connectivity index (χ0) is 25.3. The maximum atomic E-state index is 12.7. The van der Waals surface area contributed by atoms with Crippen molar-refractivity contribution in [3.05, 3.63) is 78.4 Å². The predicted octanol–water partition coefficient (Wildman–Crippen LogP) is 4.34. The lowest BCUT2D eigenvalue weighted by Crippen LogP contribution is -2.37. The summed E-state index contributed by atoms with van der Waals surface area (Å²) < 4.78 is 38.7. The molecule has 3 N–H and O–H groups in total. The van der Waals surface area contributed by atoms with Gasteiger partial charge in [-0.25, -0.2) is 8.42 Å². The molecule has 0 radical (unpaired) electrons. The quantitative estimate of drug-likeness (QED) is 0.346. The number of carbonyl (C=O) groups excluding carboxylic acids is 1. The zero-order valence-corrected chi connectivity index (χ0v) is 21.0. The van der Waals surface area contributed by atoms with E-state index >= 15 is 0 Å². The van der Waals surface area contributed by atoms with E-state index in [0.717, 1.165) is 6.42 Å². The van der Waals surface area contributed by atoms with Crippen LogP contribution in [-0.4, -0.2) is 32.7 Å². The number of ether oxygens (including phenoxy) is 2. The lowest BCUT2D eigenvalue weighted by molar-refractivity contribution is -0.121. The summed E-state index contributed by atoms with van der Waals surface area (Å²) in [4.78, 5) is 12.2. The maximum Gasteiger partial charge on any atom is 0.264 e. The van der Waals surface area contributed by atoms with Crippen LogP contribution in [0, 0.1) is 0 Å². The third kappa shape index (κ3) is 7.97. The van der Waals surface area contributed by atoms with Gasteiger partial charge in [0.15, 0.2) is 11.7 Å². The number of sulfonamides is 1. The Morgan fingerprint density at radius 2 is 1.40 bits per heavy atom. The topological polar surface area (TPSA) is 106 Å². The van der Waals surface area contributed by atoms with Gasteiger partial charge in [-0.3, -0.25) is 14.8 Å². The summed E-state index contributed by atoms with van der Waals surface area (Å²) in [5.41, 5.74) is 2.12. The van der Waals surface area contributed by atoms with Crippen LogP contribution in [-0.2, 0) is 21.2 Å². The highest BCUT2D eigenvalue weighted by Gasteiger charge is 2.14. The number of aryl methyl sites for hydroxylation is 1. The molecule has 35 heavy (non-hydrogen) atoms. The van der Waals surface area contributed by atoms with Crippen LogP contribution in [0.25, 0.3) is 0 Å². The highest BCUT2D eigenvalue weighted by Crippen LogP contribution is 2.21. The van der Waals surface area contributed by atoms with Gasteiger partial charge in [-0.05, 0) is 91.8 Å². The van der Waals surface area contributed by atoms with Gasteiger partial charge in [-0.1, -0.05) is 19.1 Å². The van der Waals surface area contributed by atoms with Crippen LogP contribution in [0.5, 0.6) is 11.5 Å². The highest BCUT2D eigenvalue weighted by atomic mass is 32.2. The van der Waals surface area contributed by atoms with Gasteiger partial charge in [0, 0.05) is 11.4 Å². The van der Waals surface area contributed by atoms with E-state index in [9.17, 15) is 13.2 Å². The van der Waals surface area contributed by atoms with Crippen molar-refractivity contribution in [2.75, 3.05) is 23.3 Å². The summed E-state index contributed by atoms with van der Waals surface area (Å²) in [5.74, 6) is 0.832. The van der Waals surface area contributed by atoms with Gasteiger partial charge in [-0.15, -0.1) is 0 Å². The average molecular weight is 514 g/mol. The first-order valence-electron chi connectivity index (χ1n) is 11.0. The van der Waals surface area contributed by atoms with Crippen molar-refractivity contribution in [3.8, 4) is 11.5 Å².